The molecule has 1 aliphatic heterocycles. The third-order valence-electron chi connectivity index (χ3n) is 2.52. The standard InChI is InChI=1S/C11H11ClO4/c1-6(11(13)14)7-2-3-8-10(9(7)12)16-5-4-15-8/h2-3,6H,4-5H2,1H3,(H,13,14). The summed E-state index contributed by atoms with van der Waals surface area (Å²) in [5.74, 6) is -0.571. The van der Waals surface area contributed by atoms with Crippen molar-refractivity contribution in [3.05, 3.63) is 22.7 Å². The summed E-state index contributed by atoms with van der Waals surface area (Å²) in [6.45, 7) is 2.49. The minimum absolute atomic E-state index is 0.326. The zero-order valence-corrected chi connectivity index (χ0v) is 9.45. The van der Waals surface area contributed by atoms with Crippen molar-refractivity contribution in [2.45, 2.75) is 12.8 Å². The van der Waals surface area contributed by atoms with Crippen LogP contribution in [0.2, 0.25) is 5.02 Å². The molecule has 1 unspecified atom stereocenters. The van der Waals surface area contributed by atoms with Crippen molar-refractivity contribution in [2.24, 2.45) is 0 Å². The Bertz CT molecular complexity index is 430. The summed E-state index contributed by atoms with van der Waals surface area (Å²) in [6.07, 6.45) is 0. The lowest BCUT2D eigenvalue weighted by Gasteiger charge is -2.21. The van der Waals surface area contributed by atoms with E-state index in [4.69, 9.17) is 26.2 Å². The third-order valence-corrected chi connectivity index (χ3v) is 2.90. The van der Waals surface area contributed by atoms with Crippen LogP contribution in [0.3, 0.4) is 0 Å². The number of hydrogen-bond donors (Lipinski definition) is 1. The van der Waals surface area contributed by atoms with E-state index in [1.54, 1.807) is 19.1 Å². The first-order valence-electron chi connectivity index (χ1n) is 4.92. The Balaban J connectivity index is 2.45. The summed E-state index contributed by atoms with van der Waals surface area (Å²) >= 11 is 6.10. The number of carboxylic acid groups (broad SMARTS) is 1. The van der Waals surface area contributed by atoms with Gasteiger partial charge in [0.25, 0.3) is 0 Å². The highest BCUT2D eigenvalue weighted by Gasteiger charge is 2.23. The van der Waals surface area contributed by atoms with Gasteiger partial charge >= 0.3 is 5.97 Å². The van der Waals surface area contributed by atoms with Gasteiger partial charge in [-0.15, -0.1) is 0 Å². The van der Waals surface area contributed by atoms with Crippen LogP contribution in [0.4, 0.5) is 0 Å². The first-order chi connectivity index (χ1) is 7.61. The molecule has 16 heavy (non-hydrogen) atoms. The number of aliphatic carboxylic acids is 1. The Morgan fingerprint density at radius 3 is 2.81 bits per heavy atom. The second kappa shape index (κ2) is 4.22. The maximum atomic E-state index is 10.9. The van der Waals surface area contributed by atoms with Gasteiger partial charge < -0.3 is 14.6 Å². The van der Waals surface area contributed by atoms with E-state index in [9.17, 15) is 4.79 Å². The van der Waals surface area contributed by atoms with Crippen molar-refractivity contribution in [1.29, 1.82) is 0 Å². The lowest BCUT2D eigenvalue weighted by Crippen LogP contribution is -2.17. The molecule has 0 bridgehead atoms. The number of hydrogen-bond acceptors (Lipinski definition) is 3. The van der Waals surface area contributed by atoms with E-state index in [0.717, 1.165) is 0 Å². The lowest BCUT2D eigenvalue weighted by molar-refractivity contribution is -0.138. The molecule has 0 fully saturated rings. The van der Waals surface area contributed by atoms with Crippen molar-refractivity contribution >= 4 is 17.6 Å². The number of ether oxygens (including phenoxy) is 2. The van der Waals surface area contributed by atoms with Gasteiger partial charge in [0.05, 0.1) is 10.9 Å². The fraction of sp³-hybridized carbons (Fsp3) is 0.364. The summed E-state index contributed by atoms with van der Waals surface area (Å²) < 4.78 is 10.7. The molecule has 0 saturated carbocycles. The Kier molecular flexibility index (Phi) is 2.92. The maximum absolute atomic E-state index is 10.9. The molecule has 1 N–H and O–H groups in total. The smallest absolute Gasteiger partial charge is 0.310 e. The van der Waals surface area contributed by atoms with Gasteiger partial charge in [-0.1, -0.05) is 17.7 Å². The van der Waals surface area contributed by atoms with Crippen molar-refractivity contribution in [3.8, 4) is 11.5 Å². The van der Waals surface area contributed by atoms with Gasteiger partial charge in [0, 0.05) is 0 Å². The van der Waals surface area contributed by atoms with Crippen LogP contribution in [0.25, 0.3) is 0 Å². The van der Waals surface area contributed by atoms with Crippen LogP contribution in [0, 0.1) is 0 Å². The van der Waals surface area contributed by atoms with Crippen LogP contribution in [-0.4, -0.2) is 24.3 Å². The molecule has 1 atom stereocenters. The topological polar surface area (TPSA) is 55.8 Å². The van der Waals surface area contributed by atoms with Gasteiger partial charge in [0.2, 0.25) is 0 Å². The fourth-order valence-electron chi connectivity index (χ4n) is 1.56. The normalized spacial score (nSPS) is 15.6. The average molecular weight is 243 g/mol. The number of halogens is 1. The average Bonchev–Trinajstić information content (AvgIpc) is 2.29. The van der Waals surface area contributed by atoms with Gasteiger partial charge in [-0.3, -0.25) is 4.79 Å². The summed E-state index contributed by atoms with van der Waals surface area (Å²) in [5.41, 5.74) is 0.540. The van der Waals surface area contributed by atoms with Gasteiger partial charge in [-0.05, 0) is 18.6 Å². The molecule has 0 aromatic heterocycles. The Hall–Kier alpha value is -1.42. The predicted octanol–water partition coefficient (Wildman–Crippen LogP) is 2.30. The Morgan fingerprint density at radius 1 is 1.44 bits per heavy atom. The van der Waals surface area contributed by atoms with E-state index in [-0.39, 0.29) is 0 Å². The molecule has 86 valence electrons. The predicted molar refractivity (Wildman–Crippen MR) is 58.5 cm³/mol. The van der Waals surface area contributed by atoms with E-state index in [0.29, 0.717) is 35.3 Å². The third kappa shape index (κ3) is 1.80. The molecule has 0 amide bonds. The first-order valence-corrected chi connectivity index (χ1v) is 5.30. The number of carboxylic acids is 1. The van der Waals surface area contributed by atoms with Crippen molar-refractivity contribution < 1.29 is 19.4 Å². The number of rotatable bonds is 2. The quantitative estimate of drug-likeness (QED) is 0.865. The minimum atomic E-state index is -0.918. The number of carbonyl (C=O) groups is 1. The van der Waals surface area contributed by atoms with E-state index in [1.807, 2.05) is 0 Å². The zero-order chi connectivity index (χ0) is 11.7. The molecule has 0 spiro atoms. The largest absolute Gasteiger partial charge is 0.486 e. The highest BCUT2D eigenvalue weighted by Crippen LogP contribution is 2.41. The zero-order valence-electron chi connectivity index (χ0n) is 8.70. The van der Waals surface area contributed by atoms with Crippen molar-refractivity contribution in [2.75, 3.05) is 13.2 Å². The molecule has 1 aromatic rings. The van der Waals surface area contributed by atoms with Crippen LogP contribution in [-0.2, 0) is 4.79 Å². The molecule has 0 aliphatic carbocycles. The van der Waals surface area contributed by atoms with Gasteiger partial charge in [0.15, 0.2) is 11.5 Å². The SMILES string of the molecule is CC(C(=O)O)c1ccc2c(c1Cl)OCCO2. The van der Waals surface area contributed by atoms with Gasteiger partial charge in [-0.25, -0.2) is 0 Å². The van der Waals surface area contributed by atoms with Crippen molar-refractivity contribution in [3.63, 3.8) is 0 Å². The van der Waals surface area contributed by atoms with Gasteiger partial charge in [0.1, 0.15) is 13.2 Å². The Labute approximate surface area is 97.7 Å². The monoisotopic (exact) mass is 242 g/mol. The summed E-state index contributed by atoms with van der Waals surface area (Å²) in [6, 6.07) is 3.35. The van der Waals surface area contributed by atoms with E-state index in [2.05, 4.69) is 0 Å². The van der Waals surface area contributed by atoms with Crippen molar-refractivity contribution in [1.82, 2.24) is 0 Å². The van der Waals surface area contributed by atoms with Crippen LogP contribution >= 0.6 is 11.6 Å². The Morgan fingerprint density at radius 2 is 2.12 bits per heavy atom. The molecular formula is C11H11ClO4. The van der Waals surface area contributed by atoms with E-state index >= 15 is 0 Å². The summed E-state index contributed by atoms with van der Waals surface area (Å²) in [5, 5.41) is 9.26. The lowest BCUT2D eigenvalue weighted by atomic mass is 10.0. The molecule has 5 heteroatoms. The van der Waals surface area contributed by atoms with Crippen LogP contribution in [0.5, 0.6) is 11.5 Å². The first kappa shape index (κ1) is 11.1. The molecule has 0 radical (unpaired) electrons. The maximum Gasteiger partial charge on any atom is 0.310 e. The molecule has 1 aromatic carbocycles. The highest BCUT2D eigenvalue weighted by atomic mass is 35.5. The van der Waals surface area contributed by atoms with Crippen LogP contribution in [0.1, 0.15) is 18.4 Å². The van der Waals surface area contributed by atoms with E-state index in [1.165, 1.54) is 0 Å². The molecule has 1 aliphatic rings. The molecule has 0 saturated heterocycles. The molecule has 2 rings (SSSR count). The number of benzene rings is 1. The second-order valence-corrected chi connectivity index (χ2v) is 3.93. The molecule has 1 heterocycles. The molecule has 4 nitrogen and oxygen atoms in total. The summed E-state index contributed by atoms with van der Waals surface area (Å²) in [4.78, 5) is 10.9. The number of fused-ring (bicyclic) bond motifs is 1. The van der Waals surface area contributed by atoms with Gasteiger partial charge in [-0.2, -0.15) is 0 Å². The minimum Gasteiger partial charge on any atom is -0.486 e. The highest BCUT2D eigenvalue weighted by molar-refractivity contribution is 6.33. The van der Waals surface area contributed by atoms with Crippen LogP contribution < -0.4 is 9.47 Å². The fourth-order valence-corrected chi connectivity index (χ4v) is 1.94. The second-order valence-electron chi connectivity index (χ2n) is 3.55. The summed E-state index contributed by atoms with van der Waals surface area (Å²) in [7, 11) is 0. The van der Waals surface area contributed by atoms with Crippen LogP contribution in [0.15, 0.2) is 12.1 Å². The molecular weight excluding hydrogens is 232 g/mol. The van der Waals surface area contributed by atoms with E-state index < -0.39 is 11.9 Å².